The maximum Gasteiger partial charge on any atom is 0.309 e. The summed E-state index contributed by atoms with van der Waals surface area (Å²) in [4.78, 5) is 12.1. The van der Waals surface area contributed by atoms with Gasteiger partial charge in [-0.25, -0.2) is 0 Å². The van der Waals surface area contributed by atoms with Crippen molar-refractivity contribution in [3.63, 3.8) is 0 Å². The van der Waals surface area contributed by atoms with Crippen LogP contribution in [-0.2, 0) is 19.0 Å². The highest BCUT2D eigenvalue weighted by molar-refractivity contribution is 5.72. The lowest BCUT2D eigenvalue weighted by Crippen LogP contribution is -2.31. The van der Waals surface area contributed by atoms with E-state index in [1.807, 2.05) is 6.92 Å². The van der Waals surface area contributed by atoms with Gasteiger partial charge < -0.3 is 14.2 Å². The van der Waals surface area contributed by atoms with Crippen molar-refractivity contribution in [2.75, 3.05) is 13.2 Å². The summed E-state index contributed by atoms with van der Waals surface area (Å²) in [5.74, 6) is 0.513. The van der Waals surface area contributed by atoms with Crippen LogP contribution in [0.2, 0.25) is 0 Å². The van der Waals surface area contributed by atoms with E-state index in [0.29, 0.717) is 31.3 Å². The minimum atomic E-state index is -0.0181. The summed E-state index contributed by atoms with van der Waals surface area (Å²) >= 11 is 0. The lowest BCUT2D eigenvalue weighted by atomic mass is 9.91. The van der Waals surface area contributed by atoms with Crippen LogP contribution in [-0.4, -0.2) is 37.5 Å². The molecule has 1 aliphatic carbocycles. The van der Waals surface area contributed by atoms with Gasteiger partial charge in [-0.3, -0.25) is 4.79 Å². The molecule has 5 unspecified atom stereocenters. The average Bonchev–Trinajstić information content (AvgIpc) is 3.14. The lowest BCUT2D eigenvalue weighted by molar-refractivity contribution is -0.155. The van der Waals surface area contributed by atoms with E-state index in [-0.39, 0.29) is 18.0 Å². The minimum Gasteiger partial charge on any atom is -0.465 e. The zero-order valence-electron chi connectivity index (χ0n) is 12.4. The summed E-state index contributed by atoms with van der Waals surface area (Å²) in [7, 11) is 0. The van der Waals surface area contributed by atoms with Crippen molar-refractivity contribution in [2.24, 2.45) is 11.8 Å². The summed E-state index contributed by atoms with van der Waals surface area (Å²) in [5.41, 5.74) is 0. The van der Waals surface area contributed by atoms with E-state index in [2.05, 4.69) is 0 Å². The monoisotopic (exact) mass is 282 g/mol. The van der Waals surface area contributed by atoms with Crippen LogP contribution in [0.3, 0.4) is 0 Å². The number of carbonyl (C=O) groups is 1. The van der Waals surface area contributed by atoms with Crippen molar-refractivity contribution in [3.8, 4) is 0 Å². The number of rotatable bonds is 3. The Bertz CT molecular complexity index is 343. The summed E-state index contributed by atoms with van der Waals surface area (Å²) in [5, 5.41) is 0. The molecule has 0 amide bonds. The second-order valence-corrected chi connectivity index (χ2v) is 6.63. The third-order valence-corrected chi connectivity index (χ3v) is 4.88. The molecule has 0 radical (unpaired) electrons. The quantitative estimate of drug-likeness (QED) is 0.590. The Morgan fingerprint density at radius 1 is 1.15 bits per heavy atom. The Labute approximate surface area is 121 Å². The number of fused-ring (bicyclic) bond motifs is 1. The van der Waals surface area contributed by atoms with Crippen LogP contribution < -0.4 is 0 Å². The molecule has 114 valence electrons. The first kappa shape index (κ1) is 14.3. The normalized spacial score (nSPS) is 41.1. The van der Waals surface area contributed by atoms with Gasteiger partial charge in [-0.05, 0) is 44.9 Å². The van der Waals surface area contributed by atoms with Gasteiger partial charge in [0.1, 0.15) is 0 Å². The van der Waals surface area contributed by atoms with Crippen LogP contribution in [0.15, 0.2) is 0 Å². The van der Waals surface area contributed by atoms with Gasteiger partial charge in [-0.15, -0.1) is 0 Å². The summed E-state index contributed by atoms with van der Waals surface area (Å²) in [6.07, 6.45) is 8.70. The predicted molar refractivity (Wildman–Crippen MR) is 74.3 cm³/mol. The standard InChI is InChI=1S/C16H26O4/c1-11-8-13(6-7-18-11)16(17)19-10-12-4-2-3-5-14-15(9-12)20-14/h11-15H,2-10H2,1H3. The first-order chi connectivity index (χ1) is 9.72. The molecule has 2 aliphatic heterocycles. The van der Waals surface area contributed by atoms with Crippen LogP contribution in [0.25, 0.3) is 0 Å². The Morgan fingerprint density at radius 3 is 2.85 bits per heavy atom. The molecule has 0 aromatic rings. The van der Waals surface area contributed by atoms with Crippen molar-refractivity contribution >= 4 is 5.97 Å². The molecule has 0 N–H and O–H groups in total. The molecule has 0 aromatic heterocycles. The van der Waals surface area contributed by atoms with E-state index in [9.17, 15) is 4.79 Å². The van der Waals surface area contributed by atoms with Crippen LogP contribution in [0.1, 0.15) is 51.9 Å². The Kier molecular flexibility index (Phi) is 4.61. The smallest absolute Gasteiger partial charge is 0.309 e. The molecule has 4 heteroatoms. The second-order valence-electron chi connectivity index (χ2n) is 6.63. The highest BCUT2D eigenvalue weighted by atomic mass is 16.6. The molecule has 3 rings (SSSR count). The van der Waals surface area contributed by atoms with Gasteiger partial charge in [0, 0.05) is 6.61 Å². The highest BCUT2D eigenvalue weighted by Crippen LogP contribution is 2.36. The fourth-order valence-electron chi connectivity index (χ4n) is 3.55. The second kappa shape index (κ2) is 6.44. The van der Waals surface area contributed by atoms with Crippen LogP contribution in [0.4, 0.5) is 0 Å². The van der Waals surface area contributed by atoms with Crippen LogP contribution >= 0.6 is 0 Å². The SMILES string of the molecule is CC1CC(C(=O)OCC2CCCCC3OC3C2)CCO1. The molecule has 1 saturated carbocycles. The highest BCUT2D eigenvalue weighted by Gasteiger charge is 2.40. The molecule has 0 spiro atoms. The van der Waals surface area contributed by atoms with Crippen molar-refractivity contribution in [1.82, 2.24) is 0 Å². The number of epoxide rings is 1. The van der Waals surface area contributed by atoms with Gasteiger partial charge >= 0.3 is 5.97 Å². The first-order valence-electron chi connectivity index (χ1n) is 8.16. The minimum absolute atomic E-state index is 0.0181. The Balaban J connectivity index is 1.42. The van der Waals surface area contributed by atoms with Gasteiger partial charge in [0.2, 0.25) is 0 Å². The van der Waals surface area contributed by atoms with E-state index >= 15 is 0 Å². The Morgan fingerprint density at radius 2 is 2.00 bits per heavy atom. The molecule has 4 nitrogen and oxygen atoms in total. The van der Waals surface area contributed by atoms with Gasteiger partial charge in [0.05, 0.1) is 30.8 Å². The summed E-state index contributed by atoms with van der Waals surface area (Å²) in [6, 6.07) is 0. The van der Waals surface area contributed by atoms with Crippen molar-refractivity contribution in [2.45, 2.75) is 70.2 Å². The third-order valence-electron chi connectivity index (χ3n) is 4.88. The van der Waals surface area contributed by atoms with Gasteiger partial charge in [-0.2, -0.15) is 0 Å². The molecule has 0 bridgehead atoms. The van der Waals surface area contributed by atoms with E-state index in [0.717, 1.165) is 19.3 Å². The summed E-state index contributed by atoms with van der Waals surface area (Å²) in [6.45, 7) is 3.29. The number of esters is 1. The molecular formula is C16H26O4. The predicted octanol–water partition coefficient (Wildman–Crippen LogP) is 2.69. The molecule has 2 saturated heterocycles. The van der Waals surface area contributed by atoms with Gasteiger partial charge in [0.15, 0.2) is 0 Å². The van der Waals surface area contributed by atoms with E-state index < -0.39 is 0 Å². The topological polar surface area (TPSA) is 48.1 Å². The van der Waals surface area contributed by atoms with Crippen molar-refractivity contribution in [1.29, 1.82) is 0 Å². The molecule has 5 atom stereocenters. The average molecular weight is 282 g/mol. The number of ether oxygens (including phenoxy) is 3. The van der Waals surface area contributed by atoms with E-state index in [1.165, 1.54) is 25.7 Å². The van der Waals surface area contributed by atoms with Gasteiger partial charge in [0.25, 0.3) is 0 Å². The number of carbonyl (C=O) groups excluding carboxylic acids is 1. The van der Waals surface area contributed by atoms with Crippen molar-refractivity contribution < 1.29 is 19.0 Å². The largest absolute Gasteiger partial charge is 0.465 e. The summed E-state index contributed by atoms with van der Waals surface area (Å²) < 4.78 is 16.7. The van der Waals surface area contributed by atoms with E-state index in [1.54, 1.807) is 0 Å². The van der Waals surface area contributed by atoms with E-state index in [4.69, 9.17) is 14.2 Å². The molecule has 3 fully saturated rings. The fraction of sp³-hybridized carbons (Fsp3) is 0.938. The third kappa shape index (κ3) is 3.73. The van der Waals surface area contributed by atoms with Crippen LogP contribution in [0.5, 0.6) is 0 Å². The molecule has 20 heavy (non-hydrogen) atoms. The maximum atomic E-state index is 12.1. The lowest BCUT2D eigenvalue weighted by Gasteiger charge is -2.26. The van der Waals surface area contributed by atoms with Crippen LogP contribution in [0, 0.1) is 11.8 Å². The molecular weight excluding hydrogens is 256 g/mol. The zero-order valence-corrected chi connectivity index (χ0v) is 12.4. The Hall–Kier alpha value is -0.610. The zero-order chi connectivity index (χ0) is 13.9. The number of hydrogen-bond acceptors (Lipinski definition) is 4. The number of hydrogen-bond donors (Lipinski definition) is 0. The van der Waals surface area contributed by atoms with Gasteiger partial charge in [-0.1, -0.05) is 12.8 Å². The first-order valence-corrected chi connectivity index (χ1v) is 8.16. The fourth-order valence-corrected chi connectivity index (χ4v) is 3.55. The molecule has 0 aromatic carbocycles. The molecule has 2 heterocycles. The maximum absolute atomic E-state index is 12.1. The van der Waals surface area contributed by atoms with Crippen molar-refractivity contribution in [3.05, 3.63) is 0 Å². The molecule has 3 aliphatic rings.